The third-order valence-corrected chi connectivity index (χ3v) is 4.92. The van der Waals surface area contributed by atoms with Crippen LogP contribution in [0.3, 0.4) is 0 Å². The molecule has 6 heteroatoms. The van der Waals surface area contributed by atoms with E-state index in [4.69, 9.17) is 4.74 Å². The van der Waals surface area contributed by atoms with Gasteiger partial charge in [0.25, 0.3) is 5.91 Å². The highest BCUT2D eigenvalue weighted by Crippen LogP contribution is 2.24. The van der Waals surface area contributed by atoms with Gasteiger partial charge < -0.3 is 20.3 Å². The summed E-state index contributed by atoms with van der Waals surface area (Å²) in [7, 11) is 1.73. The smallest absolute Gasteiger partial charge is 0.258 e. The predicted octanol–water partition coefficient (Wildman–Crippen LogP) is 5.19. The van der Waals surface area contributed by atoms with Crippen molar-refractivity contribution >= 4 is 28.9 Å². The molecule has 0 unspecified atom stereocenters. The zero-order chi connectivity index (χ0) is 22.8. The van der Waals surface area contributed by atoms with E-state index in [-0.39, 0.29) is 18.4 Å². The quantitative estimate of drug-likeness (QED) is 0.433. The molecule has 2 N–H and O–H groups in total. The van der Waals surface area contributed by atoms with Crippen molar-refractivity contribution < 1.29 is 14.3 Å². The number of nitrogens with zero attached hydrogens (tertiary/aromatic N) is 1. The molecule has 0 aromatic heterocycles. The van der Waals surface area contributed by atoms with Gasteiger partial charge in [0.05, 0.1) is 18.8 Å². The first kappa shape index (κ1) is 22.9. The topological polar surface area (TPSA) is 70.7 Å². The average Bonchev–Trinajstić information content (AvgIpc) is 2.83. The number of nitrogens with one attached hydrogen (secondary N) is 2. The normalized spacial score (nSPS) is 10.3. The van der Waals surface area contributed by atoms with Gasteiger partial charge in [-0.25, -0.2) is 0 Å². The molecule has 3 aromatic rings. The van der Waals surface area contributed by atoms with E-state index >= 15 is 0 Å². The molecule has 2 amide bonds. The number of rotatable bonds is 10. The van der Waals surface area contributed by atoms with Gasteiger partial charge in [-0.3, -0.25) is 9.59 Å². The number of unbranched alkanes of at least 4 members (excludes halogenated alkanes) is 1. The summed E-state index contributed by atoms with van der Waals surface area (Å²) >= 11 is 0. The third-order valence-electron chi connectivity index (χ3n) is 4.92. The SMILES string of the molecule is CCCCOc1ccccc1NCC(=O)Nc1cccc(C(=O)N(C)c2ccccc2)c1. The molecule has 0 saturated heterocycles. The van der Waals surface area contributed by atoms with Gasteiger partial charge in [-0.2, -0.15) is 0 Å². The molecule has 0 fully saturated rings. The summed E-state index contributed by atoms with van der Waals surface area (Å²) in [5, 5.41) is 5.97. The largest absolute Gasteiger partial charge is 0.491 e. The summed E-state index contributed by atoms with van der Waals surface area (Å²) in [5.41, 5.74) is 2.64. The van der Waals surface area contributed by atoms with Crippen LogP contribution >= 0.6 is 0 Å². The maximum Gasteiger partial charge on any atom is 0.258 e. The van der Waals surface area contributed by atoms with Crippen LogP contribution in [0.5, 0.6) is 5.75 Å². The second kappa shape index (κ2) is 11.6. The first-order valence-electron chi connectivity index (χ1n) is 10.8. The summed E-state index contributed by atoms with van der Waals surface area (Å²) in [6, 6.07) is 23.9. The molecule has 6 nitrogen and oxygen atoms in total. The Hall–Kier alpha value is -3.80. The lowest BCUT2D eigenvalue weighted by Crippen LogP contribution is -2.26. The Morgan fingerprint density at radius 3 is 2.47 bits per heavy atom. The molecule has 0 spiro atoms. The second-order valence-corrected chi connectivity index (χ2v) is 7.38. The second-order valence-electron chi connectivity index (χ2n) is 7.38. The highest BCUT2D eigenvalue weighted by Gasteiger charge is 2.14. The number of hydrogen-bond acceptors (Lipinski definition) is 4. The monoisotopic (exact) mass is 431 g/mol. The predicted molar refractivity (Wildman–Crippen MR) is 130 cm³/mol. The Morgan fingerprint density at radius 2 is 1.69 bits per heavy atom. The van der Waals surface area contributed by atoms with Crippen LogP contribution in [0, 0.1) is 0 Å². The molecule has 32 heavy (non-hydrogen) atoms. The Morgan fingerprint density at radius 1 is 0.938 bits per heavy atom. The molecule has 0 aliphatic heterocycles. The van der Waals surface area contributed by atoms with Gasteiger partial charge in [0.15, 0.2) is 0 Å². The standard InChI is InChI=1S/C26H29N3O3/c1-3-4-17-32-24-16-9-8-15-23(24)27-19-25(30)28-21-12-10-11-20(18-21)26(31)29(2)22-13-6-5-7-14-22/h5-16,18,27H,3-4,17,19H2,1-2H3,(H,28,30). The number of carbonyl (C=O) groups is 2. The van der Waals surface area contributed by atoms with E-state index in [0.717, 1.165) is 30.0 Å². The molecule has 3 aromatic carbocycles. The fourth-order valence-electron chi connectivity index (χ4n) is 3.14. The summed E-state index contributed by atoms with van der Waals surface area (Å²) in [6.07, 6.45) is 2.03. The maximum atomic E-state index is 12.8. The number of para-hydroxylation sites is 3. The molecule has 0 atom stereocenters. The fourth-order valence-corrected chi connectivity index (χ4v) is 3.14. The number of amides is 2. The van der Waals surface area contributed by atoms with E-state index in [9.17, 15) is 9.59 Å². The summed E-state index contributed by atoms with van der Waals surface area (Å²) in [4.78, 5) is 26.9. The molecular formula is C26H29N3O3. The van der Waals surface area contributed by atoms with Crippen molar-refractivity contribution in [3.05, 3.63) is 84.4 Å². The Labute approximate surface area is 189 Å². The van der Waals surface area contributed by atoms with Gasteiger partial charge in [-0.1, -0.05) is 49.7 Å². The number of carbonyl (C=O) groups excluding carboxylic acids is 2. The molecule has 0 bridgehead atoms. The summed E-state index contributed by atoms with van der Waals surface area (Å²) in [5.74, 6) is 0.364. The molecule has 166 valence electrons. The summed E-state index contributed by atoms with van der Waals surface area (Å²) < 4.78 is 5.79. The van der Waals surface area contributed by atoms with Crippen LogP contribution in [-0.4, -0.2) is 32.0 Å². The third kappa shape index (κ3) is 6.35. The lowest BCUT2D eigenvalue weighted by Gasteiger charge is -2.18. The van der Waals surface area contributed by atoms with Gasteiger partial charge in [-0.05, 0) is 48.9 Å². The van der Waals surface area contributed by atoms with Gasteiger partial charge >= 0.3 is 0 Å². The van der Waals surface area contributed by atoms with Crippen LogP contribution in [0.25, 0.3) is 0 Å². The van der Waals surface area contributed by atoms with Crippen molar-refractivity contribution in [1.29, 1.82) is 0 Å². The van der Waals surface area contributed by atoms with Crippen LogP contribution in [-0.2, 0) is 4.79 Å². The van der Waals surface area contributed by atoms with Gasteiger partial charge in [0.1, 0.15) is 5.75 Å². The van der Waals surface area contributed by atoms with Crippen molar-refractivity contribution in [3.63, 3.8) is 0 Å². The van der Waals surface area contributed by atoms with E-state index in [1.807, 2.05) is 54.6 Å². The molecule has 0 aliphatic rings. The zero-order valence-electron chi connectivity index (χ0n) is 18.5. The maximum absolute atomic E-state index is 12.8. The van der Waals surface area contributed by atoms with Crippen molar-refractivity contribution in [1.82, 2.24) is 0 Å². The van der Waals surface area contributed by atoms with Crippen LogP contribution in [0.1, 0.15) is 30.1 Å². The van der Waals surface area contributed by atoms with Gasteiger partial charge in [0, 0.05) is 24.0 Å². The molecule has 0 radical (unpaired) electrons. The molecule has 0 heterocycles. The van der Waals surface area contributed by atoms with Crippen molar-refractivity contribution in [2.45, 2.75) is 19.8 Å². The number of hydrogen-bond donors (Lipinski definition) is 2. The van der Waals surface area contributed by atoms with E-state index in [2.05, 4.69) is 17.6 Å². The fraction of sp³-hybridized carbons (Fsp3) is 0.231. The first-order chi connectivity index (χ1) is 15.6. The average molecular weight is 432 g/mol. The number of benzene rings is 3. The lowest BCUT2D eigenvalue weighted by molar-refractivity contribution is -0.114. The van der Waals surface area contributed by atoms with E-state index < -0.39 is 0 Å². The molecule has 3 rings (SSSR count). The van der Waals surface area contributed by atoms with Crippen LogP contribution in [0.15, 0.2) is 78.9 Å². The number of ether oxygens (including phenoxy) is 1. The Bertz CT molecular complexity index is 1040. The van der Waals surface area contributed by atoms with E-state index in [1.54, 1.807) is 36.2 Å². The Balaban J connectivity index is 1.59. The summed E-state index contributed by atoms with van der Waals surface area (Å²) in [6.45, 7) is 2.83. The van der Waals surface area contributed by atoms with Gasteiger partial charge in [0.2, 0.25) is 5.91 Å². The minimum absolute atomic E-state index is 0.0796. The zero-order valence-corrected chi connectivity index (χ0v) is 18.5. The lowest BCUT2D eigenvalue weighted by atomic mass is 10.1. The molecule has 0 aliphatic carbocycles. The highest BCUT2D eigenvalue weighted by atomic mass is 16.5. The minimum Gasteiger partial charge on any atom is -0.491 e. The van der Waals surface area contributed by atoms with Crippen LogP contribution < -0.4 is 20.3 Å². The van der Waals surface area contributed by atoms with E-state index in [1.165, 1.54) is 0 Å². The van der Waals surface area contributed by atoms with Crippen molar-refractivity contribution in [2.75, 3.05) is 35.7 Å². The molecular weight excluding hydrogens is 402 g/mol. The van der Waals surface area contributed by atoms with Crippen molar-refractivity contribution in [2.24, 2.45) is 0 Å². The first-order valence-corrected chi connectivity index (χ1v) is 10.8. The van der Waals surface area contributed by atoms with Crippen molar-refractivity contribution in [3.8, 4) is 5.75 Å². The number of anilines is 3. The minimum atomic E-state index is -0.214. The van der Waals surface area contributed by atoms with Crippen LogP contribution in [0.2, 0.25) is 0 Å². The van der Waals surface area contributed by atoms with Gasteiger partial charge in [-0.15, -0.1) is 0 Å². The van der Waals surface area contributed by atoms with Crippen LogP contribution in [0.4, 0.5) is 17.1 Å². The molecule has 0 saturated carbocycles. The Kier molecular flexibility index (Phi) is 8.26. The van der Waals surface area contributed by atoms with E-state index in [0.29, 0.717) is 17.9 Å². The highest BCUT2D eigenvalue weighted by molar-refractivity contribution is 6.06.